The van der Waals surface area contributed by atoms with Crippen molar-refractivity contribution in [2.24, 2.45) is 4.99 Å². The van der Waals surface area contributed by atoms with Crippen LogP contribution in [0.15, 0.2) is 52.4 Å². The Morgan fingerprint density at radius 1 is 1.14 bits per heavy atom. The third kappa shape index (κ3) is 7.60. The summed E-state index contributed by atoms with van der Waals surface area (Å²) in [5, 5.41) is 7.68. The molecule has 2 aromatic carbocycles. The zero-order chi connectivity index (χ0) is 20.7. The van der Waals surface area contributed by atoms with Gasteiger partial charge in [0.15, 0.2) is 5.96 Å². The number of rotatable bonds is 7. The van der Waals surface area contributed by atoms with Gasteiger partial charge < -0.3 is 10.6 Å². The van der Waals surface area contributed by atoms with Crippen molar-refractivity contribution in [3.63, 3.8) is 0 Å². The van der Waals surface area contributed by atoms with E-state index in [0.29, 0.717) is 29.1 Å². The molecule has 0 aliphatic carbocycles. The lowest BCUT2D eigenvalue weighted by Crippen LogP contribution is -2.38. The largest absolute Gasteiger partial charge is 0.357 e. The van der Waals surface area contributed by atoms with Gasteiger partial charge in [-0.05, 0) is 56.3 Å². The number of hydrogen-bond acceptors (Lipinski definition) is 3. The minimum absolute atomic E-state index is 0. The van der Waals surface area contributed by atoms with Crippen LogP contribution in [0.2, 0.25) is 10.0 Å². The van der Waals surface area contributed by atoms with Gasteiger partial charge in [-0.1, -0.05) is 41.4 Å². The van der Waals surface area contributed by atoms with Gasteiger partial charge in [0.25, 0.3) is 0 Å². The molecule has 0 aliphatic heterocycles. The molecule has 0 spiro atoms. The summed E-state index contributed by atoms with van der Waals surface area (Å²) >= 11 is 12.2. The topological polar surface area (TPSA) is 82.6 Å². The van der Waals surface area contributed by atoms with Crippen LogP contribution in [0.3, 0.4) is 0 Å². The second-order valence-corrected chi connectivity index (χ2v) is 8.81. The minimum Gasteiger partial charge on any atom is -0.357 e. The van der Waals surface area contributed by atoms with Crippen LogP contribution >= 0.6 is 47.2 Å². The van der Waals surface area contributed by atoms with Crippen molar-refractivity contribution in [2.75, 3.05) is 13.6 Å². The molecule has 0 radical (unpaired) electrons. The van der Waals surface area contributed by atoms with Crippen LogP contribution in [0, 0.1) is 0 Å². The summed E-state index contributed by atoms with van der Waals surface area (Å²) < 4.78 is 25.9. The first-order chi connectivity index (χ1) is 13.3. The van der Waals surface area contributed by atoms with E-state index in [-0.39, 0.29) is 34.9 Å². The van der Waals surface area contributed by atoms with Crippen LogP contribution in [-0.2, 0) is 16.6 Å². The molecule has 0 bridgehead atoms. The van der Waals surface area contributed by atoms with E-state index in [1.807, 2.05) is 19.9 Å². The fourth-order valence-corrected chi connectivity index (χ4v) is 3.82. The van der Waals surface area contributed by atoms with Gasteiger partial charge in [-0.2, -0.15) is 0 Å². The Hall–Kier alpha value is -1.07. The molecule has 0 aliphatic rings. The van der Waals surface area contributed by atoms with Crippen LogP contribution in [0.5, 0.6) is 0 Å². The van der Waals surface area contributed by atoms with Crippen LogP contribution in [0.4, 0.5) is 0 Å². The number of nitrogens with one attached hydrogen (secondary N) is 3. The zero-order valence-electron chi connectivity index (χ0n) is 16.4. The Bertz CT molecular complexity index is 938. The van der Waals surface area contributed by atoms with E-state index in [0.717, 1.165) is 11.1 Å². The molecule has 0 heterocycles. The molecule has 160 valence electrons. The van der Waals surface area contributed by atoms with Crippen molar-refractivity contribution in [2.45, 2.75) is 31.3 Å². The van der Waals surface area contributed by atoms with E-state index >= 15 is 0 Å². The first-order valence-corrected chi connectivity index (χ1v) is 11.0. The summed E-state index contributed by atoms with van der Waals surface area (Å²) in [5.74, 6) is 0.632. The molecule has 2 aromatic rings. The molecule has 3 N–H and O–H groups in total. The SMILES string of the molecule is CCNC(=NCc1ccc(S(=O)(=O)NC)cc1)NC(C)c1ccc(Cl)cc1Cl.I. The molecule has 29 heavy (non-hydrogen) atoms. The average Bonchev–Trinajstić information content (AvgIpc) is 2.66. The molecule has 1 unspecified atom stereocenters. The molecule has 2 rings (SSSR count). The van der Waals surface area contributed by atoms with E-state index < -0.39 is 10.0 Å². The van der Waals surface area contributed by atoms with Gasteiger partial charge in [-0.15, -0.1) is 24.0 Å². The lowest BCUT2D eigenvalue weighted by Gasteiger charge is -2.19. The van der Waals surface area contributed by atoms with Crippen molar-refractivity contribution in [3.05, 3.63) is 63.6 Å². The molecular formula is C19H25Cl2IN4O2S. The Labute approximate surface area is 199 Å². The van der Waals surface area contributed by atoms with Crippen LogP contribution in [0.25, 0.3) is 0 Å². The summed E-state index contributed by atoms with van der Waals surface area (Å²) in [5.41, 5.74) is 1.81. The second kappa shape index (κ2) is 11.9. The molecule has 0 fully saturated rings. The third-order valence-electron chi connectivity index (χ3n) is 4.05. The van der Waals surface area contributed by atoms with Crippen molar-refractivity contribution in [3.8, 4) is 0 Å². The highest BCUT2D eigenvalue weighted by atomic mass is 127. The highest BCUT2D eigenvalue weighted by Gasteiger charge is 2.12. The summed E-state index contributed by atoms with van der Waals surface area (Å²) in [4.78, 5) is 4.79. The number of hydrogen-bond donors (Lipinski definition) is 3. The molecule has 10 heteroatoms. The molecular weight excluding hydrogens is 546 g/mol. The Morgan fingerprint density at radius 3 is 2.34 bits per heavy atom. The maximum absolute atomic E-state index is 11.8. The van der Waals surface area contributed by atoms with Crippen molar-refractivity contribution in [1.82, 2.24) is 15.4 Å². The molecule has 0 saturated carbocycles. The second-order valence-electron chi connectivity index (χ2n) is 6.08. The molecule has 0 saturated heterocycles. The maximum Gasteiger partial charge on any atom is 0.240 e. The zero-order valence-corrected chi connectivity index (χ0v) is 21.0. The number of aliphatic imine (C=N–C) groups is 1. The summed E-state index contributed by atoms with van der Waals surface area (Å²) in [6, 6.07) is 11.9. The number of benzene rings is 2. The van der Waals surface area contributed by atoms with Crippen LogP contribution in [-0.4, -0.2) is 28.0 Å². The van der Waals surface area contributed by atoms with Crippen LogP contribution < -0.4 is 15.4 Å². The first-order valence-electron chi connectivity index (χ1n) is 8.79. The number of nitrogens with zero attached hydrogens (tertiary/aromatic N) is 1. The number of sulfonamides is 1. The Morgan fingerprint density at radius 2 is 1.79 bits per heavy atom. The lowest BCUT2D eigenvalue weighted by atomic mass is 10.1. The normalized spacial score (nSPS) is 12.8. The van der Waals surface area contributed by atoms with Gasteiger partial charge in [0.05, 0.1) is 17.5 Å². The van der Waals surface area contributed by atoms with Gasteiger partial charge >= 0.3 is 0 Å². The Kier molecular flexibility index (Phi) is 10.7. The van der Waals surface area contributed by atoms with Crippen molar-refractivity contribution in [1.29, 1.82) is 0 Å². The van der Waals surface area contributed by atoms with Crippen LogP contribution in [0.1, 0.15) is 31.0 Å². The van der Waals surface area contributed by atoms with Gasteiger partial charge in [0, 0.05) is 16.6 Å². The standard InChI is InChI=1S/C19H24Cl2N4O2S.HI/c1-4-23-19(25-13(2)17-10-7-15(20)11-18(17)21)24-12-14-5-8-16(9-6-14)28(26,27)22-3;/h5-11,13,22H,4,12H2,1-3H3,(H2,23,24,25);1H. The van der Waals surface area contributed by atoms with E-state index in [4.69, 9.17) is 23.2 Å². The Balaban J connectivity index is 0.00000420. The van der Waals surface area contributed by atoms with E-state index in [1.165, 1.54) is 7.05 Å². The fourth-order valence-electron chi connectivity index (χ4n) is 2.52. The number of halogens is 3. The van der Waals surface area contributed by atoms with Crippen molar-refractivity contribution < 1.29 is 8.42 Å². The van der Waals surface area contributed by atoms with Gasteiger partial charge in [-0.25, -0.2) is 18.1 Å². The minimum atomic E-state index is -3.44. The molecule has 0 amide bonds. The molecule has 1 atom stereocenters. The summed E-state index contributed by atoms with van der Waals surface area (Å²) in [7, 11) is -2.06. The quantitative estimate of drug-likeness (QED) is 0.263. The van der Waals surface area contributed by atoms with Crippen molar-refractivity contribution >= 4 is 63.2 Å². The fraction of sp³-hybridized carbons (Fsp3) is 0.316. The monoisotopic (exact) mass is 570 g/mol. The van der Waals surface area contributed by atoms with E-state index in [1.54, 1.807) is 36.4 Å². The third-order valence-corrected chi connectivity index (χ3v) is 6.04. The van der Waals surface area contributed by atoms with Gasteiger partial charge in [0.2, 0.25) is 10.0 Å². The smallest absolute Gasteiger partial charge is 0.240 e. The first kappa shape index (κ1) is 26.0. The predicted octanol–water partition coefficient (Wildman–Crippen LogP) is 4.34. The summed E-state index contributed by atoms with van der Waals surface area (Å²) in [6.07, 6.45) is 0. The van der Waals surface area contributed by atoms with Gasteiger partial charge in [-0.3, -0.25) is 0 Å². The highest BCUT2D eigenvalue weighted by molar-refractivity contribution is 14.0. The highest BCUT2D eigenvalue weighted by Crippen LogP contribution is 2.26. The van der Waals surface area contributed by atoms with E-state index in [9.17, 15) is 8.42 Å². The lowest BCUT2D eigenvalue weighted by molar-refractivity contribution is 0.588. The van der Waals surface area contributed by atoms with Gasteiger partial charge in [0.1, 0.15) is 0 Å². The molecule has 0 aromatic heterocycles. The average molecular weight is 571 g/mol. The molecule has 6 nitrogen and oxygen atoms in total. The van der Waals surface area contributed by atoms with E-state index in [2.05, 4.69) is 20.3 Å². The predicted molar refractivity (Wildman–Crippen MR) is 131 cm³/mol. The maximum atomic E-state index is 11.8. The number of guanidine groups is 1. The summed E-state index contributed by atoms with van der Waals surface area (Å²) in [6.45, 7) is 5.07.